The number of rotatable bonds is 14. The predicted molar refractivity (Wildman–Crippen MR) is 161 cm³/mol. The van der Waals surface area contributed by atoms with Gasteiger partial charge in [-0.25, -0.2) is 8.42 Å². The maximum absolute atomic E-state index is 14.1. The lowest BCUT2D eigenvalue weighted by molar-refractivity contribution is -0.384. The molecule has 0 radical (unpaired) electrons. The average Bonchev–Trinajstić information content (AvgIpc) is 2.96. The lowest BCUT2D eigenvalue weighted by Crippen LogP contribution is -2.53. The van der Waals surface area contributed by atoms with Crippen molar-refractivity contribution in [1.82, 2.24) is 10.2 Å². The lowest BCUT2D eigenvalue weighted by atomic mass is 10.0. The van der Waals surface area contributed by atoms with Crippen LogP contribution in [0.3, 0.4) is 0 Å². The molecule has 0 saturated carbocycles. The molecule has 11 nitrogen and oxygen atoms in total. The van der Waals surface area contributed by atoms with Gasteiger partial charge in [-0.05, 0) is 30.5 Å². The highest BCUT2D eigenvalue weighted by atomic mass is 32.2. The molecule has 0 aromatic heterocycles. The number of anilines is 1. The Hall–Kier alpha value is -4.45. The molecule has 0 spiro atoms. The summed E-state index contributed by atoms with van der Waals surface area (Å²) >= 11 is 0. The third-order valence-electron chi connectivity index (χ3n) is 6.61. The summed E-state index contributed by atoms with van der Waals surface area (Å²) in [6, 6.07) is 19.2. The molecule has 3 aromatic carbocycles. The molecule has 0 saturated heterocycles. The van der Waals surface area contributed by atoms with Crippen molar-refractivity contribution in [3.63, 3.8) is 0 Å². The molecule has 0 aliphatic heterocycles. The highest BCUT2D eigenvalue weighted by Gasteiger charge is 2.34. The smallest absolute Gasteiger partial charge is 0.271 e. The molecule has 1 atom stereocenters. The summed E-state index contributed by atoms with van der Waals surface area (Å²) in [4.78, 5) is 39.9. The number of nitro groups is 1. The number of carbonyl (C=O) groups is 2. The number of methoxy groups -OCH3 is 1. The first kappa shape index (κ1) is 32.1. The third-order valence-corrected chi connectivity index (χ3v) is 7.74. The summed E-state index contributed by atoms with van der Waals surface area (Å²) in [6.07, 6.45) is 1.77. The van der Waals surface area contributed by atoms with Crippen molar-refractivity contribution in [3.8, 4) is 5.75 Å². The van der Waals surface area contributed by atoms with Crippen LogP contribution in [0.15, 0.2) is 72.8 Å². The fraction of sp³-hybridized carbons (Fsp3) is 0.333. The van der Waals surface area contributed by atoms with Crippen LogP contribution < -0.4 is 14.4 Å². The van der Waals surface area contributed by atoms with Gasteiger partial charge in [0.1, 0.15) is 24.0 Å². The first-order valence-electron chi connectivity index (χ1n) is 13.4. The molecule has 0 heterocycles. The number of nitrogens with one attached hydrogen (secondary N) is 1. The molecule has 224 valence electrons. The monoisotopic (exact) mass is 596 g/mol. The van der Waals surface area contributed by atoms with Crippen molar-refractivity contribution in [3.05, 3.63) is 99.6 Å². The summed E-state index contributed by atoms with van der Waals surface area (Å²) in [5.41, 5.74) is 2.04. The molecular formula is C30H36N4O7S. The van der Waals surface area contributed by atoms with Crippen LogP contribution in [0.2, 0.25) is 0 Å². The van der Waals surface area contributed by atoms with E-state index >= 15 is 0 Å². The van der Waals surface area contributed by atoms with E-state index in [9.17, 15) is 28.1 Å². The second-order valence-electron chi connectivity index (χ2n) is 9.89. The Bertz CT molecular complexity index is 1500. The number of nitrogens with zero attached hydrogens (tertiary/aromatic N) is 3. The van der Waals surface area contributed by atoms with E-state index in [0.717, 1.165) is 33.3 Å². The summed E-state index contributed by atoms with van der Waals surface area (Å²) < 4.78 is 32.1. The normalized spacial score (nSPS) is 11.8. The number of carbonyl (C=O) groups excluding carboxylic acids is 2. The maximum Gasteiger partial charge on any atom is 0.271 e. The Balaban J connectivity index is 2.11. The number of amides is 2. The average molecular weight is 597 g/mol. The van der Waals surface area contributed by atoms with Gasteiger partial charge in [-0.15, -0.1) is 0 Å². The van der Waals surface area contributed by atoms with Crippen LogP contribution in [0.5, 0.6) is 5.75 Å². The van der Waals surface area contributed by atoms with Gasteiger partial charge >= 0.3 is 0 Å². The van der Waals surface area contributed by atoms with Crippen LogP contribution in [0.1, 0.15) is 30.0 Å². The number of aryl methyl sites for hydroxylation is 1. The van der Waals surface area contributed by atoms with Gasteiger partial charge < -0.3 is 15.0 Å². The van der Waals surface area contributed by atoms with Crippen LogP contribution in [0.4, 0.5) is 11.4 Å². The van der Waals surface area contributed by atoms with E-state index in [2.05, 4.69) is 5.32 Å². The molecule has 0 fully saturated rings. The zero-order chi connectivity index (χ0) is 30.9. The molecule has 3 aromatic rings. The second-order valence-corrected chi connectivity index (χ2v) is 11.8. The summed E-state index contributed by atoms with van der Waals surface area (Å²) in [5, 5.41) is 14.4. The van der Waals surface area contributed by atoms with E-state index in [1.807, 2.05) is 68.4 Å². The minimum atomic E-state index is -4.14. The van der Waals surface area contributed by atoms with Crippen molar-refractivity contribution in [2.24, 2.45) is 0 Å². The summed E-state index contributed by atoms with van der Waals surface area (Å²) in [5.74, 6) is -1.01. The number of benzene rings is 3. The van der Waals surface area contributed by atoms with Gasteiger partial charge in [-0.1, -0.05) is 67.1 Å². The standard InChI is InChI=1S/C30H36N4O7S/c1-5-17-31-30(36)27(18-23-9-7-6-8-10-23)32(20-24-13-11-22(2)12-14-24)29(35)21-33(42(4,39)40)26-19-25(34(37)38)15-16-28(26)41-3/h6-16,19,27H,5,17-18,20-21H2,1-4H3,(H,31,36)/t27-/m1/s1. The van der Waals surface area contributed by atoms with Gasteiger partial charge in [-0.3, -0.25) is 24.0 Å². The van der Waals surface area contributed by atoms with Crippen LogP contribution in [-0.2, 0) is 32.6 Å². The van der Waals surface area contributed by atoms with Crippen molar-refractivity contribution in [2.45, 2.75) is 39.3 Å². The number of sulfonamides is 1. The molecule has 0 aliphatic rings. The number of hydrogen-bond acceptors (Lipinski definition) is 7. The SMILES string of the molecule is CCCNC(=O)[C@@H](Cc1ccccc1)N(Cc1ccc(C)cc1)C(=O)CN(c1cc([N+](=O)[O-])ccc1OC)S(C)(=O)=O. The van der Waals surface area contributed by atoms with Gasteiger partial charge in [-0.2, -0.15) is 0 Å². The zero-order valence-corrected chi connectivity index (χ0v) is 25.0. The molecule has 2 amide bonds. The maximum atomic E-state index is 14.1. The molecule has 0 bridgehead atoms. The van der Waals surface area contributed by atoms with Crippen LogP contribution >= 0.6 is 0 Å². The van der Waals surface area contributed by atoms with E-state index < -0.39 is 33.4 Å². The van der Waals surface area contributed by atoms with E-state index in [1.54, 1.807) is 0 Å². The fourth-order valence-corrected chi connectivity index (χ4v) is 5.24. The molecule has 0 aliphatic carbocycles. The number of non-ortho nitro benzene ring substituents is 1. The zero-order valence-electron chi connectivity index (χ0n) is 24.1. The van der Waals surface area contributed by atoms with Gasteiger partial charge in [0, 0.05) is 31.6 Å². The Morgan fingerprint density at radius 1 is 1.02 bits per heavy atom. The van der Waals surface area contributed by atoms with Gasteiger partial charge in [0.15, 0.2) is 0 Å². The van der Waals surface area contributed by atoms with Crippen LogP contribution in [0, 0.1) is 17.0 Å². The highest BCUT2D eigenvalue weighted by molar-refractivity contribution is 7.92. The van der Waals surface area contributed by atoms with Gasteiger partial charge in [0.2, 0.25) is 21.8 Å². The van der Waals surface area contributed by atoms with Crippen molar-refractivity contribution < 1.29 is 27.7 Å². The topological polar surface area (TPSA) is 139 Å². The van der Waals surface area contributed by atoms with E-state index in [4.69, 9.17) is 4.74 Å². The molecule has 0 unspecified atom stereocenters. The third kappa shape index (κ3) is 8.53. The van der Waals surface area contributed by atoms with Crippen molar-refractivity contribution >= 4 is 33.2 Å². The fourth-order valence-electron chi connectivity index (χ4n) is 4.39. The molecular weight excluding hydrogens is 560 g/mol. The second kappa shape index (κ2) is 14.4. The minimum Gasteiger partial charge on any atom is -0.495 e. The number of hydrogen-bond donors (Lipinski definition) is 1. The van der Waals surface area contributed by atoms with E-state index in [1.165, 1.54) is 24.1 Å². The Morgan fingerprint density at radius 2 is 1.69 bits per heavy atom. The quantitative estimate of drug-likeness (QED) is 0.220. The van der Waals surface area contributed by atoms with E-state index in [0.29, 0.717) is 13.0 Å². The predicted octanol–water partition coefficient (Wildman–Crippen LogP) is 3.84. The first-order valence-corrected chi connectivity index (χ1v) is 15.3. The van der Waals surface area contributed by atoms with Crippen LogP contribution in [-0.4, -0.2) is 62.6 Å². The first-order chi connectivity index (χ1) is 19.9. The van der Waals surface area contributed by atoms with Crippen molar-refractivity contribution in [2.75, 3.05) is 30.8 Å². The summed E-state index contributed by atoms with van der Waals surface area (Å²) in [7, 11) is -2.84. The Kier molecular flexibility index (Phi) is 11.0. The molecule has 12 heteroatoms. The number of ether oxygens (including phenoxy) is 1. The largest absolute Gasteiger partial charge is 0.495 e. The van der Waals surface area contributed by atoms with Gasteiger partial charge in [0.05, 0.1) is 18.3 Å². The minimum absolute atomic E-state index is 0.0276. The van der Waals surface area contributed by atoms with Crippen molar-refractivity contribution in [1.29, 1.82) is 0 Å². The Labute approximate surface area is 246 Å². The van der Waals surface area contributed by atoms with Crippen LogP contribution in [0.25, 0.3) is 0 Å². The lowest BCUT2D eigenvalue weighted by Gasteiger charge is -2.33. The Morgan fingerprint density at radius 3 is 2.26 bits per heavy atom. The van der Waals surface area contributed by atoms with E-state index in [-0.39, 0.29) is 36.0 Å². The molecule has 42 heavy (non-hydrogen) atoms. The molecule has 1 N–H and O–H groups in total. The number of nitro benzene ring substituents is 1. The summed E-state index contributed by atoms with van der Waals surface area (Å²) in [6.45, 7) is 3.56. The van der Waals surface area contributed by atoms with Gasteiger partial charge in [0.25, 0.3) is 5.69 Å². The molecule has 3 rings (SSSR count). The highest BCUT2D eigenvalue weighted by Crippen LogP contribution is 2.34.